The van der Waals surface area contributed by atoms with Gasteiger partial charge < -0.3 is 4.55 Å². The van der Waals surface area contributed by atoms with Crippen LogP contribution in [0.1, 0.15) is 0 Å². The van der Waals surface area contributed by atoms with E-state index < -0.39 is 15.6 Å². The molecule has 0 aliphatic rings. The summed E-state index contributed by atoms with van der Waals surface area (Å²) in [5, 5.41) is 0. The zero-order valence-electron chi connectivity index (χ0n) is 24.2. The molecule has 46 heavy (non-hydrogen) atoms. The van der Waals surface area contributed by atoms with Gasteiger partial charge >= 0.3 is 5.51 Å². The van der Waals surface area contributed by atoms with Gasteiger partial charge in [0.1, 0.15) is 0 Å². The van der Waals surface area contributed by atoms with E-state index in [2.05, 4.69) is 164 Å². The van der Waals surface area contributed by atoms with E-state index in [-0.39, 0.29) is 10.9 Å². The molecular weight excluding hydrogens is 646 g/mol. The molecule has 0 radical (unpaired) electrons. The van der Waals surface area contributed by atoms with Crippen molar-refractivity contribution in [1.82, 2.24) is 0 Å². The fourth-order valence-electron chi connectivity index (χ4n) is 4.50. The standard InChI is InChI=1S/C36H27S2.CHF3O3S/c1-4-10-28(11-5-1)30-16-20-32(21-17-30)37-33-22-26-36(27-23-33)38(34-14-8-3-9-15-34)35-24-18-31(19-25-35)29-12-6-2-7-13-29;2-1(3,4)8(5,6)7/h1-27H;(H,5,6,7)/q+1;/p-1. The maximum atomic E-state index is 10.7. The monoisotopic (exact) mass is 672 g/mol. The molecule has 6 rings (SSSR count). The third-order valence-corrected chi connectivity index (χ3v) is 10.5. The van der Waals surface area contributed by atoms with Crippen LogP contribution in [-0.2, 0) is 21.0 Å². The highest BCUT2D eigenvalue weighted by atomic mass is 32.2. The van der Waals surface area contributed by atoms with Crippen LogP contribution in [0.2, 0.25) is 0 Å². The Morgan fingerprint density at radius 2 is 0.739 bits per heavy atom. The lowest BCUT2D eigenvalue weighted by Crippen LogP contribution is -2.21. The number of benzene rings is 6. The maximum absolute atomic E-state index is 10.7. The van der Waals surface area contributed by atoms with Gasteiger partial charge in [0.05, 0.1) is 10.9 Å². The van der Waals surface area contributed by atoms with Gasteiger partial charge in [-0.1, -0.05) is 103 Å². The van der Waals surface area contributed by atoms with Crippen molar-refractivity contribution in [2.24, 2.45) is 0 Å². The van der Waals surface area contributed by atoms with Gasteiger partial charge in [0, 0.05) is 9.79 Å². The number of alkyl halides is 3. The summed E-state index contributed by atoms with van der Waals surface area (Å²) in [6.07, 6.45) is 0. The van der Waals surface area contributed by atoms with Crippen LogP contribution in [0.5, 0.6) is 0 Å². The summed E-state index contributed by atoms with van der Waals surface area (Å²) in [7, 11) is -6.26. The molecule has 0 heterocycles. The molecule has 0 bridgehead atoms. The highest BCUT2D eigenvalue weighted by Gasteiger charge is 2.37. The van der Waals surface area contributed by atoms with Crippen LogP contribution in [0, 0.1) is 0 Å². The van der Waals surface area contributed by atoms with Crippen molar-refractivity contribution in [1.29, 1.82) is 0 Å². The maximum Gasteiger partial charge on any atom is 0.485 e. The first-order valence-corrected chi connectivity index (χ1v) is 17.4. The van der Waals surface area contributed by atoms with Crippen LogP contribution in [0.4, 0.5) is 13.2 Å². The van der Waals surface area contributed by atoms with Gasteiger partial charge in [0.15, 0.2) is 24.8 Å². The van der Waals surface area contributed by atoms with E-state index >= 15 is 0 Å². The Bertz CT molecular complexity index is 1930. The van der Waals surface area contributed by atoms with Crippen molar-refractivity contribution in [2.45, 2.75) is 30.0 Å². The van der Waals surface area contributed by atoms with Crippen molar-refractivity contribution in [3.8, 4) is 22.3 Å². The Hall–Kier alpha value is -4.28. The number of hydrogen-bond donors (Lipinski definition) is 0. The molecule has 0 aliphatic heterocycles. The molecule has 0 spiro atoms. The fraction of sp³-hybridized carbons (Fsp3) is 0.0270. The Balaban J connectivity index is 0.000000463. The largest absolute Gasteiger partial charge is 0.741 e. The van der Waals surface area contributed by atoms with Gasteiger partial charge in [-0.25, -0.2) is 8.42 Å². The van der Waals surface area contributed by atoms with E-state index in [1.165, 1.54) is 46.7 Å². The van der Waals surface area contributed by atoms with E-state index in [0.29, 0.717) is 0 Å². The highest BCUT2D eigenvalue weighted by Crippen LogP contribution is 2.35. The van der Waals surface area contributed by atoms with Crippen LogP contribution in [0.3, 0.4) is 0 Å². The summed E-state index contributed by atoms with van der Waals surface area (Å²) in [4.78, 5) is 6.48. The number of rotatable bonds is 7. The SMILES string of the molecule is O=S(=O)([O-])C(F)(F)F.c1ccc(-c2ccc(Sc3ccc([S+](c4ccccc4)c4ccc(-c5ccccc5)cc4)cc3)cc2)cc1. The van der Waals surface area contributed by atoms with E-state index in [1.807, 2.05) is 0 Å². The van der Waals surface area contributed by atoms with Crippen molar-refractivity contribution in [3.05, 3.63) is 164 Å². The first kappa shape index (κ1) is 33.1. The molecule has 0 aromatic heterocycles. The van der Waals surface area contributed by atoms with E-state index in [4.69, 9.17) is 13.0 Å². The molecule has 0 amide bonds. The smallest absolute Gasteiger partial charge is 0.485 e. The van der Waals surface area contributed by atoms with Gasteiger partial charge in [-0.2, -0.15) is 13.2 Å². The van der Waals surface area contributed by atoms with Crippen LogP contribution in [-0.4, -0.2) is 18.5 Å². The van der Waals surface area contributed by atoms with Crippen LogP contribution < -0.4 is 0 Å². The van der Waals surface area contributed by atoms with E-state index in [1.54, 1.807) is 11.8 Å². The summed E-state index contributed by atoms with van der Waals surface area (Å²) >= 11 is 1.81. The van der Waals surface area contributed by atoms with Crippen molar-refractivity contribution in [2.75, 3.05) is 0 Å². The lowest BCUT2D eigenvalue weighted by molar-refractivity contribution is -0.0517. The Kier molecular flexibility index (Phi) is 10.7. The Labute approximate surface area is 273 Å². The third-order valence-electron chi connectivity index (χ3n) is 6.72. The second-order valence-electron chi connectivity index (χ2n) is 9.87. The first-order chi connectivity index (χ1) is 22.1. The normalized spacial score (nSPS) is 12.1. The number of halogens is 3. The highest BCUT2D eigenvalue weighted by molar-refractivity contribution is 7.99. The third kappa shape index (κ3) is 8.70. The molecule has 0 saturated carbocycles. The van der Waals surface area contributed by atoms with Crippen molar-refractivity contribution >= 4 is 32.8 Å². The molecule has 232 valence electrons. The molecular formula is C37H27F3O3S3. The van der Waals surface area contributed by atoms with Crippen molar-refractivity contribution in [3.63, 3.8) is 0 Å². The molecule has 6 aromatic carbocycles. The summed E-state index contributed by atoms with van der Waals surface area (Å²) < 4.78 is 58.9. The molecule has 0 N–H and O–H groups in total. The van der Waals surface area contributed by atoms with Crippen LogP contribution in [0.15, 0.2) is 188 Å². The molecule has 1 atom stereocenters. The Morgan fingerprint density at radius 3 is 1.13 bits per heavy atom. The summed E-state index contributed by atoms with van der Waals surface area (Å²) in [5.74, 6) is 0. The van der Waals surface area contributed by atoms with E-state index in [9.17, 15) is 13.2 Å². The van der Waals surface area contributed by atoms with Gasteiger partial charge in [-0.05, 0) is 95.1 Å². The van der Waals surface area contributed by atoms with Gasteiger partial charge in [-0.3, -0.25) is 0 Å². The molecule has 9 heteroatoms. The topological polar surface area (TPSA) is 57.2 Å². The molecule has 3 nitrogen and oxygen atoms in total. The second-order valence-corrected chi connectivity index (χ2v) is 14.4. The second kappa shape index (κ2) is 14.9. The molecule has 0 saturated heterocycles. The lowest BCUT2D eigenvalue weighted by atomic mass is 10.1. The first-order valence-electron chi connectivity index (χ1n) is 14.0. The number of hydrogen-bond acceptors (Lipinski definition) is 4. The van der Waals surface area contributed by atoms with Crippen LogP contribution in [0.25, 0.3) is 22.3 Å². The fourth-order valence-corrected chi connectivity index (χ4v) is 7.38. The minimum atomic E-state index is -6.09. The summed E-state index contributed by atoms with van der Waals surface area (Å²) in [6.45, 7) is 0. The zero-order valence-corrected chi connectivity index (χ0v) is 26.6. The van der Waals surface area contributed by atoms with Crippen LogP contribution >= 0.6 is 11.8 Å². The van der Waals surface area contributed by atoms with Crippen molar-refractivity contribution < 1.29 is 26.1 Å². The van der Waals surface area contributed by atoms with E-state index in [0.717, 1.165) is 0 Å². The summed E-state index contributed by atoms with van der Waals surface area (Å²) in [5.41, 5.74) is -0.658. The molecule has 1 unspecified atom stereocenters. The average Bonchev–Trinajstić information content (AvgIpc) is 3.07. The van der Waals surface area contributed by atoms with Gasteiger partial charge in [-0.15, -0.1) is 0 Å². The lowest BCUT2D eigenvalue weighted by Gasteiger charge is -2.10. The minimum absolute atomic E-state index is 0.168. The quantitative estimate of drug-likeness (QED) is 0.0962. The predicted molar refractivity (Wildman–Crippen MR) is 179 cm³/mol. The molecule has 0 aliphatic carbocycles. The van der Waals surface area contributed by atoms with Gasteiger partial charge in [0.2, 0.25) is 0 Å². The average molecular weight is 673 g/mol. The molecule has 6 aromatic rings. The van der Waals surface area contributed by atoms with Gasteiger partial charge in [0.25, 0.3) is 0 Å². The zero-order chi connectivity index (χ0) is 32.6. The predicted octanol–water partition coefficient (Wildman–Crippen LogP) is 10.3. The Morgan fingerprint density at radius 1 is 0.457 bits per heavy atom. The summed E-state index contributed by atoms with van der Waals surface area (Å²) in [6, 6.07) is 59.0. The minimum Gasteiger partial charge on any atom is -0.741 e. The molecule has 0 fully saturated rings.